The number of rotatable bonds is 8. The van der Waals surface area contributed by atoms with Crippen LogP contribution in [0.25, 0.3) is 0 Å². The molecule has 0 atom stereocenters. The summed E-state index contributed by atoms with van der Waals surface area (Å²) in [5.74, 6) is 0.737. The van der Waals surface area contributed by atoms with Crippen molar-refractivity contribution in [2.45, 2.75) is 6.92 Å². The Bertz CT molecular complexity index is 1670. The maximum Gasteiger partial charge on any atom is -0.0134 e. The van der Waals surface area contributed by atoms with Crippen molar-refractivity contribution in [3.63, 3.8) is 0 Å². The largest absolute Gasteiger partial charge is 0.0622 e. The number of thiocarbonyl (C=S) groups is 1. The van der Waals surface area contributed by atoms with E-state index in [9.17, 15) is 0 Å². The maximum absolute atomic E-state index is 7.50. The quantitative estimate of drug-likeness (QED) is 0.0657. The van der Waals surface area contributed by atoms with Crippen LogP contribution in [-0.4, -0.2) is 5.55 Å². The fourth-order valence-corrected chi connectivity index (χ4v) is 9.72. The molecule has 0 bridgehead atoms. The molecule has 0 spiro atoms. The molecule has 0 fully saturated rings. The van der Waals surface area contributed by atoms with E-state index in [0.29, 0.717) is 0 Å². The maximum atomic E-state index is 7.50. The molecule has 2 nitrogen and oxygen atoms in total. The van der Waals surface area contributed by atoms with Crippen LogP contribution in [0.15, 0.2) is 206 Å². The number of hydrogen-bond acceptors (Lipinski definition) is 2. The molecule has 0 saturated carbocycles. The van der Waals surface area contributed by atoms with Crippen molar-refractivity contribution in [1.82, 2.24) is 0 Å². The van der Waals surface area contributed by atoms with Gasteiger partial charge < -0.3 is 4.74 Å². The van der Waals surface area contributed by atoms with Gasteiger partial charge in [-0.1, -0.05) is 200 Å². The molecule has 0 unspecified atom stereocenters. The second-order valence-corrected chi connectivity index (χ2v) is 18.8. The Morgan fingerprint density at radius 3 is 0.849 bits per heavy atom. The van der Waals surface area contributed by atoms with Crippen molar-refractivity contribution >= 4 is 84.6 Å². The number of ether oxygens (including phenoxy) is 1. The summed E-state index contributed by atoms with van der Waals surface area (Å²) in [6.45, 7) is 6.52. The Labute approximate surface area is 338 Å². The Kier molecular flexibility index (Phi) is 22.2. The summed E-state index contributed by atoms with van der Waals surface area (Å²) in [7, 11) is 8.89. The van der Waals surface area contributed by atoms with E-state index in [-0.39, 0.29) is 0 Å². The molecule has 0 aliphatic rings. The van der Waals surface area contributed by atoms with Crippen LogP contribution in [-0.2, 0) is 20.3 Å². The third-order valence-electron chi connectivity index (χ3n) is 7.27. The summed E-state index contributed by atoms with van der Waals surface area (Å²) in [6.07, 6.45) is 0. The van der Waals surface area contributed by atoms with Gasteiger partial charge in [-0.15, -0.1) is 12.1 Å². The van der Waals surface area contributed by atoms with Crippen molar-refractivity contribution < 1.29 is 25.1 Å². The molecule has 0 N–H and O–H groups in total. The minimum atomic E-state index is -0.556. The standard InChI is InChI=1S/2C18H15P.C8H7OS.CO.2ClH.Ir/c2*1-4-10-16(11-5-1)19(17-12-6-2-7-13-17)18-14-8-3-9-15-18;1-7-2-4-8(5-3-7)9-6-10;1-2;;;/h2*1-15H;2-5H,1H3;;2*1H;/q;;-1;;;;+3/p-2. The summed E-state index contributed by atoms with van der Waals surface area (Å²) in [5, 5.41) is 8.39. The molecule has 268 valence electrons. The summed E-state index contributed by atoms with van der Waals surface area (Å²) in [6, 6.07) is 72.3. The van der Waals surface area contributed by atoms with Crippen molar-refractivity contribution in [3.05, 3.63) is 218 Å². The van der Waals surface area contributed by atoms with E-state index < -0.39 is 31.5 Å². The normalized spacial score (nSPS) is 9.72. The van der Waals surface area contributed by atoms with Gasteiger partial charge in [-0.2, -0.15) is 12.2 Å². The van der Waals surface area contributed by atoms with Crippen molar-refractivity contribution in [1.29, 1.82) is 0 Å². The Hall–Kier alpha value is -3.74. The van der Waals surface area contributed by atoms with Gasteiger partial charge in [0.2, 0.25) is 0 Å². The predicted octanol–water partition coefficient (Wildman–Crippen LogP) is 10.4. The molecular formula is C45H37Cl2IrO2P2S. The minimum absolute atomic E-state index is 0.446. The average Bonchev–Trinajstić information content (AvgIpc) is 3.23. The van der Waals surface area contributed by atoms with Crippen LogP contribution in [0, 0.1) is 13.6 Å². The number of hydrogen-bond donors (Lipinski definition) is 0. The smallest absolute Gasteiger partial charge is 0.0134 e. The van der Waals surface area contributed by atoms with Gasteiger partial charge >= 0.3 is 46.1 Å². The van der Waals surface area contributed by atoms with E-state index in [1.54, 1.807) is 0 Å². The molecule has 0 aliphatic carbocycles. The van der Waals surface area contributed by atoms with E-state index in [1.807, 2.05) is 31.2 Å². The molecule has 0 radical (unpaired) electrons. The van der Waals surface area contributed by atoms with Gasteiger partial charge in [-0.25, -0.2) is 0 Å². The van der Waals surface area contributed by atoms with Crippen molar-refractivity contribution in [2.24, 2.45) is 0 Å². The first-order chi connectivity index (χ1) is 26.1. The predicted molar refractivity (Wildman–Crippen MR) is 230 cm³/mol. The molecule has 0 saturated heterocycles. The average molecular weight is 967 g/mol. The van der Waals surface area contributed by atoms with Crippen LogP contribution in [0.2, 0.25) is 0 Å². The van der Waals surface area contributed by atoms with Gasteiger partial charge in [0.25, 0.3) is 0 Å². The Morgan fingerprint density at radius 1 is 0.453 bits per heavy atom. The molecule has 8 heteroatoms. The molecule has 53 heavy (non-hydrogen) atoms. The van der Waals surface area contributed by atoms with E-state index in [0.717, 1.165) is 5.75 Å². The van der Waals surface area contributed by atoms with Crippen molar-refractivity contribution in [3.8, 4) is 5.75 Å². The number of aryl methyl sites for hydroxylation is 1. The van der Waals surface area contributed by atoms with Crippen molar-refractivity contribution in [2.75, 3.05) is 0 Å². The molecule has 0 aromatic heterocycles. The van der Waals surface area contributed by atoms with Crippen LogP contribution in [0.4, 0.5) is 0 Å². The van der Waals surface area contributed by atoms with Gasteiger partial charge in [0.15, 0.2) is 0 Å². The fraction of sp³-hybridized carbons (Fsp3) is 0.0222. The monoisotopic (exact) mass is 966 g/mol. The zero-order valence-electron chi connectivity index (χ0n) is 28.8. The molecule has 0 heterocycles. The second kappa shape index (κ2) is 26.9. The van der Waals surface area contributed by atoms with Crippen LogP contribution in [0.5, 0.6) is 5.75 Å². The molecule has 0 aliphatic heterocycles. The first kappa shape index (κ1) is 43.7. The second-order valence-electron chi connectivity index (χ2n) is 10.7. The van der Waals surface area contributed by atoms with Gasteiger partial charge in [0, 0.05) is 0 Å². The third kappa shape index (κ3) is 15.6. The summed E-state index contributed by atoms with van der Waals surface area (Å²) in [5.41, 5.74) is 3.39. The van der Waals surface area contributed by atoms with E-state index >= 15 is 0 Å². The fourth-order valence-electron chi connectivity index (χ4n) is 5.01. The van der Waals surface area contributed by atoms with E-state index in [1.165, 1.54) is 37.4 Å². The topological polar surface area (TPSA) is 29.1 Å². The molecule has 0 amide bonds. The molecular weight excluding hydrogens is 930 g/mol. The third-order valence-corrected chi connectivity index (χ3v) is 12.2. The molecule has 7 aromatic carbocycles. The molecule has 7 aromatic rings. The Morgan fingerprint density at radius 2 is 0.660 bits per heavy atom. The van der Waals surface area contributed by atoms with Crippen LogP contribution in [0.3, 0.4) is 0 Å². The SMILES string of the molecule is Cc1ccc(O[C-]=S)cc1.[C-]#[O+].[Cl][Ir+][Cl].c1ccc(P(c2ccccc2)c2ccccc2)cc1.c1ccc(P(c2ccccc2)c2ccccc2)cc1. The first-order valence-electron chi connectivity index (χ1n) is 16.2. The zero-order chi connectivity index (χ0) is 37.9. The first-order valence-corrected chi connectivity index (χ1v) is 25.2. The zero-order valence-corrected chi connectivity index (χ0v) is 35.4. The Balaban J connectivity index is 0.000000210. The molecule has 7 rings (SSSR count). The number of benzene rings is 7. The van der Waals surface area contributed by atoms with E-state index in [4.69, 9.17) is 28.6 Å². The summed E-state index contributed by atoms with van der Waals surface area (Å²) >= 11 is 3.84. The van der Waals surface area contributed by atoms with E-state index in [2.05, 4.69) is 206 Å². The minimum Gasteiger partial charge on any atom is -0.0622 e. The van der Waals surface area contributed by atoms with Crippen LogP contribution < -0.4 is 36.6 Å². The number of halogens is 2. The van der Waals surface area contributed by atoms with Gasteiger partial charge in [0.05, 0.1) is 0 Å². The van der Waals surface area contributed by atoms with Crippen LogP contribution in [0.1, 0.15) is 5.56 Å². The summed E-state index contributed by atoms with van der Waals surface area (Å²) in [4.78, 5) is 0. The van der Waals surface area contributed by atoms with Gasteiger partial charge in [0.1, 0.15) is 0 Å². The van der Waals surface area contributed by atoms with Crippen LogP contribution >= 0.6 is 47.2 Å². The summed E-state index contributed by atoms with van der Waals surface area (Å²) < 4.78 is 12.3. The van der Waals surface area contributed by atoms with Gasteiger partial charge in [-0.3, -0.25) is 0 Å². The van der Waals surface area contributed by atoms with Gasteiger partial charge in [-0.05, 0) is 65.9 Å².